The van der Waals surface area contributed by atoms with E-state index in [9.17, 15) is 14.4 Å². The first-order chi connectivity index (χ1) is 14.4. The molecule has 0 saturated carbocycles. The average molecular weight is 404 g/mol. The van der Waals surface area contributed by atoms with Crippen molar-refractivity contribution in [3.63, 3.8) is 0 Å². The fourth-order valence-corrected chi connectivity index (χ4v) is 4.80. The Balaban J connectivity index is 0.00000106. The van der Waals surface area contributed by atoms with Crippen molar-refractivity contribution in [3.05, 3.63) is 76.4 Å². The van der Waals surface area contributed by atoms with E-state index in [1.54, 1.807) is 24.3 Å². The molecule has 1 spiro atoms. The van der Waals surface area contributed by atoms with Gasteiger partial charge in [-0.3, -0.25) is 19.7 Å². The van der Waals surface area contributed by atoms with Crippen molar-refractivity contribution in [2.45, 2.75) is 31.8 Å². The number of benzene rings is 2. The van der Waals surface area contributed by atoms with E-state index in [-0.39, 0.29) is 23.5 Å². The molecule has 2 aromatic carbocycles. The number of anilines is 1. The Morgan fingerprint density at radius 1 is 0.933 bits per heavy atom. The maximum absolute atomic E-state index is 13.6. The highest BCUT2D eigenvalue weighted by Gasteiger charge is 2.60. The van der Waals surface area contributed by atoms with Gasteiger partial charge in [-0.15, -0.1) is 0 Å². The molecule has 30 heavy (non-hydrogen) atoms. The topological polar surface area (TPSA) is 95.5 Å². The van der Waals surface area contributed by atoms with Crippen LogP contribution in [0.5, 0.6) is 0 Å². The molecule has 6 nitrogen and oxygen atoms in total. The highest BCUT2D eigenvalue weighted by Crippen LogP contribution is 2.50. The monoisotopic (exact) mass is 404 g/mol. The Bertz CT molecular complexity index is 1100. The van der Waals surface area contributed by atoms with Crippen molar-refractivity contribution >= 4 is 23.2 Å². The molecule has 154 valence electrons. The lowest BCUT2D eigenvalue weighted by Crippen LogP contribution is -2.50. The van der Waals surface area contributed by atoms with Crippen LogP contribution in [-0.4, -0.2) is 35.7 Å². The second kappa shape index (κ2) is 7.31. The zero-order valence-electron chi connectivity index (χ0n) is 17.2. The number of rotatable bonds is 2. The summed E-state index contributed by atoms with van der Waals surface area (Å²) in [6.45, 7) is 4.14. The second-order valence-corrected chi connectivity index (χ2v) is 8.07. The summed E-state index contributed by atoms with van der Waals surface area (Å²) in [4.78, 5) is 40.2. The molecule has 5 rings (SSSR count). The van der Waals surface area contributed by atoms with Gasteiger partial charge in [-0.1, -0.05) is 56.3 Å². The molecule has 2 aliphatic heterocycles. The third kappa shape index (κ3) is 2.61. The van der Waals surface area contributed by atoms with Gasteiger partial charge in [-0.05, 0) is 18.4 Å². The van der Waals surface area contributed by atoms with Crippen molar-refractivity contribution < 1.29 is 19.5 Å². The van der Waals surface area contributed by atoms with Crippen LogP contribution in [0.4, 0.5) is 5.69 Å². The van der Waals surface area contributed by atoms with Crippen LogP contribution in [0.2, 0.25) is 0 Å². The maximum Gasteiger partial charge on any atom is 0.254 e. The van der Waals surface area contributed by atoms with Crippen LogP contribution >= 0.6 is 0 Å². The largest absolute Gasteiger partial charge is 0.400 e. The zero-order valence-corrected chi connectivity index (χ0v) is 17.2. The summed E-state index contributed by atoms with van der Waals surface area (Å²) in [5.41, 5.74) is 1.61. The minimum absolute atomic E-state index is 0.155. The number of nitrogens with one attached hydrogen (secondary N) is 2. The molecule has 1 amide bonds. The number of aliphatic hydroxyl groups is 1. The summed E-state index contributed by atoms with van der Waals surface area (Å²) < 4.78 is 0. The van der Waals surface area contributed by atoms with Crippen molar-refractivity contribution in [3.8, 4) is 0 Å². The lowest BCUT2D eigenvalue weighted by molar-refractivity contribution is -0.120. The number of fused-ring (bicyclic) bond motifs is 4. The summed E-state index contributed by atoms with van der Waals surface area (Å²) in [7, 11) is 1.00. The molecule has 2 atom stereocenters. The van der Waals surface area contributed by atoms with Gasteiger partial charge < -0.3 is 10.4 Å². The van der Waals surface area contributed by atoms with E-state index < -0.39 is 5.54 Å². The molecule has 0 bridgehead atoms. The number of amides is 1. The summed E-state index contributed by atoms with van der Waals surface area (Å²) in [5, 5.41) is 13.3. The third-order valence-corrected chi connectivity index (χ3v) is 5.90. The standard InChI is InChI=1S/C23H20N2O3.CH4O/c1-12(2)11-17-18-19(21(27)14-8-4-3-7-13(14)20(18)26)23(25-17)15-9-5-6-10-16(15)24-22(23)28;1-2/h3-10,12,17,25H,11H2,1-2H3,(H,24,28);2H,1H3/t17-,23+;/m1./s1. The van der Waals surface area contributed by atoms with Crippen LogP contribution in [0, 0.1) is 5.92 Å². The van der Waals surface area contributed by atoms with E-state index >= 15 is 0 Å². The van der Waals surface area contributed by atoms with Crippen molar-refractivity contribution in [1.82, 2.24) is 5.32 Å². The molecule has 6 heteroatoms. The van der Waals surface area contributed by atoms with E-state index in [2.05, 4.69) is 24.5 Å². The molecular weight excluding hydrogens is 380 g/mol. The number of hydrogen-bond donors (Lipinski definition) is 3. The summed E-state index contributed by atoms with van der Waals surface area (Å²) in [6.07, 6.45) is 0.664. The summed E-state index contributed by atoms with van der Waals surface area (Å²) in [6, 6.07) is 13.9. The summed E-state index contributed by atoms with van der Waals surface area (Å²) >= 11 is 0. The lowest BCUT2D eigenvalue weighted by Gasteiger charge is -2.28. The molecule has 0 aromatic heterocycles. The maximum atomic E-state index is 13.6. The first-order valence-electron chi connectivity index (χ1n) is 10.0. The third-order valence-electron chi connectivity index (χ3n) is 5.90. The van der Waals surface area contributed by atoms with Gasteiger partial charge in [0.2, 0.25) is 0 Å². The normalized spacial score (nSPS) is 23.8. The highest BCUT2D eigenvalue weighted by atomic mass is 16.2. The average Bonchev–Trinajstić information content (AvgIpc) is 3.23. The van der Waals surface area contributed by atoms with Gasteiger partial charge in [0.05, 0.1) is 0 Å². The van der Waals surface area contributed by atoms with Gasteiger partial charge in [-0.2, -0.15) is 0 Å². The van der Waals surface area contributed by atoms with E-state index in [1.165, 1.54) is 0 Å². The molecule has 2 aromatic rings. The van der Waals surface area contributed by atoms with Crippen LogP contribution < -0.4 is 10.6 Å². The van der Waals surface area contributed by atoms with E-state index in [4.69, 9.17) is 5.11 Å². The fourth-order valence-electron chi connectivity index (χ4n) is 4.80. The molecule has 3 aliphatic rings. The molecule has 2 heterocycles. The lowest BCUT2D eigenvalue weighted by atomic mass is 9.74. The second-order valence-electron chi connectivity index (χ2n) is 8.07. The van der Waals surface area contributed by atoms with E-state index in [0.29, 0.717) is 45.9 Å². The predicted molar refractivity (Wildman–Crippen MR) is 113 cm³/mol. The van der Waals surface area contributed by atoms with E-state index in [0.717, 1.165) is 7.11 Å². The Morgan fingerprint density at radius 3 is 2.20 bits per heavy atom. The number of Topliss-reactive ketones (excluding diaryl/α,β-unsaturated/α-hetero) is 2. The van der Waals surface area contributed by atoms with E-state index in [1.807, 2.05) is 24.3 Å². The van der Waals surface area contributed by atoms with Crippen LogP contribution in [0.1, 0.15) is 46.5 Å². The smallest absolute Gasteiger partial charge is 0.254 e. The molecule has 0 fully saturated rings. The molecule has 0 unspecified atom stereocenters. The summed E-state index contributed by atoms with van der Waals surface area (Å²) in [5.74, 6) is -0.401. The molecule has 3 N–H and O–H groups in total. The zero-order chi connectivity index (χ0) is 21.6. The molecular formula is C24H24N2O4. The number of aliphatic hydroxyl groups excluding tert-OH is 1. The van der Waals surface area contributed by atoms with Gasteiger partial charge >= 0.3 is 0 Å². The number of ketones is 2. The number of carbonyl (C=O) groups excluding carboxylic acids is 3. The Labute approximate surface area is 175 Å². The van der Waals surface area contributed by atoms with Crippen molar-refractivity contribution in [2.75, 3.05) is 12.4 Å². The number of para-hydroxylation sites is 1. The van der Waals surface area contributed by atoms with Gasteiger partial charge in [0, 0.05) is 46.7 Å². The Kier molecular flexibility index (Phi) is 4.92. The number of hydrogen-bond acceptors (Lipinski definition) is 5. The van der Waals surface area contributed by atoms with Crippen LogP contribution in [-0.2, 0) is 10.3 Å². The highest BCUT2D eigenvalue weighted by molar-refractivity contribution is 6.32. The first kappa shape index (κ1) is 20.2. The van der Waals surface area contributed by atoms with Gasteiger partial charge in [-0.25, -0.2) is 0 Å². The van der Waals surface area contributed by atoms with Crippen LogP contribution in [0.3, 0.4) is 0 Å². The molecule has 0 radical (unpaired) electrons. The Hall–Kier alpha value is -3.09. The van der Waals surface area contributed by atoms with Crippen molar-refractivity contribution in [2.24, 2.45) is 5.92 Å². The quantitative estimate of drug-likeness (QED) is 0.715. The van der Waals surface area contributed by atoms with Crippen LogP contribution in [0.15, 0.2) is 59.7 Å². The van der Waals surface area contributed by atoms with Crippen molar-refractivity contribution in [1.29, 1.82) is 0 Å². The van der Waals surface area contributed by atoms with Gasteiger partial charge in [0.15, 0.2) is 17.1 Å². The minimum Gasteiger partial charge on any atom is -0.400 e. The molecule has 0 saturated heterocycles. The predicted octanol–water partition coefficient (Wildman–Crippen LogP) is 2.84. The van der Waals surface area contributed by atoms with Gasteiger partial charge in [0.1, 0.15) is 0 Å². The minimum atomic E-state index is -1.31. The SMILES string of the molecule is CC(C)C[C@H]1N[C@]2(C(=O)Nc3ccccc32)C2=C1C(=O)c1ccccc1C2=O.CO. The first-order valence-corrected chi connectivity index (χ1v) is 10.0. The fraction of sp³-hybridized carbons (Fsp3) is 0.292. The van der Waals surface area contributed by atoms with Gasteiger partial charge in [0.25, 0.3) is 5.91 Å². The molecule has 1 aliphatic carbocycles. The van der Waals surface area contributed by atoms with Crippen LogP contribution in [0.25, 0.3) is 0 Å². The number of carbonyl (C=O) groups is 3. The Morgan fingerprint density at radius 2 is 1.53 bits per heavy atom.